The maximum Gasteiger partial charge on any atom is 0.124 e. The van der Waals surface area contributed by atoms with Crippen LogP contribution in [0.4, 0.5) is 0 Å². The second-order valence-corrected chi connectivity index (χ2v) is 4.71. The van der Waals surface area contributed by atoms with Gasteiger partial charge in [0.15, 0.2) is 0 Å². The van der Waals surface area contributed by atoms with E-state index in [1.807, 2.05) is 13.0 Å². The number of hydrogen-bond acceptors (Lipinski definition) is 3. The van der Waals surface area contributed by atoms with Crippen molar-refractivity contribution in [3.05, 3.63) is 29.3 Å². The predicted molar refractivity (Wildman–Crippen MR) is 77.1 cm³/mol. The van der Waals surface area contributed by atoms with E-state index in [1.165, 1.54) is 5.56 Å². The topological polar surface area (TPSA) is 38.5 Å². The van der Waals surface area contributed by atoms with Crippen molar-refractivity contribution in [2.24, 2.45) is 5.73 Å². The van der Waals surface area contributed by atoms with Gasteiger partial charge in [0, 0.05) is 18.2 Å². The van der Waals surface area contributed by atoms with Crippen LogP contribution in [0.25, 0.3) is 0 Å². The van der Waals surface area contributed by atoms with E-state index >= 15 is 0 Å². The van der Waals surface area contributed by atoms with Crippen LogP contribution in [0.1, 0.15) is 37.9 Å². The van der Waals surface area contributed by atoms with Gasteiger partial charge in [-0.3, -0.25) is 0 Å². The molecule has 0 spiro atoms. The van der Waals surface area contributed by atoms with Crippen molar-refractivity contribution < 1.29 is 4.74 Å². The molecule has 1 aromatic carbocycles. The van der Waals surface area contributed by atoms with E-state index in [4.69, 9.17) is 10.5 Å². The van der Waals surface area contributed by atoms with E-state index in [1.54, 1.807) is 0 Å². The lowest BCUT2D eigenvalue weighted by molar-refractivity contribution is 0.221. The molecule has 1 aromatic rings. The SMILES string of the molecule is CCN(CC)CCOc1ccc(C)cc1C(C)N. The van der Waals surface area contributed by atoms with Gasteiger partial charge in [-0.2, -0.15) is 0 Å². The average Bonchev–Trinajstić information content (AvgIpc) is 2.36. The summed E-state index contributed by atoms with van der Waals surface area (Å²) in [7, 11) is 0. The zero-order valence-corrected chi connectivity index (χ0v) is 12.1. The monoisotopic (exact) mass is 250 g/mol. The molecule has 3 heteroatoms. The molecule has 1 rings (SSSR count). The summed E-state index contributed by atoms with van der Waals surface area (Å²) in [5.41, 5.74) is 8.29. The Labute approximate surface area is 111 Å². The van der Waals surface area contributed by atoms with Gasteiger partial charge >= 0.3 is 0 Å². The molecule has 0 saturated carbocycles. The molecule has 1 unspecified atom stereocenters. The van der Waals surface area contributed by atoms with Gasteiger partial charge in [0.2, 0.25) is 0 Å². The summed E-state index contributed by atoms with van der Waals surface area (Å²) in [4.78, 5) is 2.35. The Morgan fingerprint density at radius 1 is 1.28 bits per heavy atom. The molecule has 0 aliphatic heterocycles. The van der Waals surface area contributed by atoms with Gasteiger partial charge in [0.05, 0.1) is 0 Å². The van der Waals surface area contributed by atoms with Crippen LogP contribution >= 0.6 is 0 Å². The number of nitrogens with zero attached hydrogens (tertiary/aromatic N) is 1. The number of ether oxygens (including phenoxy) is 1. The van der Waals surface area contributed by atoms with Gasteiger partial charge in [-0.25, -0.2) is 0 Å². The molecule has 0 fully saturated rings. The minimum atomic E-state index is 0.00773. The maximum atomic E-state index is 5.98. The van der Waals surface area contributed by atoms with E-state index in [-0.39, 0.29) is 6.04 Å². The largest absolute Gasteiger partial charge is 0.492 e. The van der Waals surface area contributed by atoms with Crippen molar-refractivity contribution in [3.63, 3.8) is 0 Å². The molecule has 3 nitrogen and oxygen atoms in total. The van der Waals surface area contributed by atoms with Gasteiger partial charge < -0.3 is 15.4 Å². The summed E-state index contributed by atoms with van der Waals surface area (Å²) in [5.74, 6) is 0.919. The van der Waals surface area contributed by atoms with Crippen molar-refractivity contribution in [1.29, 1.82) is 0 Å². The highest BCUT2D eigenvalue weighted by atomic mass is 16.5. The van der Waals surface area contributed by atoms with Crippen LogP contribution < -0.4 is 10.5 Å². The van der Waals surface area contributed by atoms with Gasteiger partial charge in [-0.15, -0.1) is 0 Å². The number of likely N-dealkylation sites (N-methyl/N-ethyl adjacent to an activating group) is 1. The Morgan fingerprint density at radius 2 is 1.94 bits per heavy atom. The molecule has 1 atom stereocenters. The Bertz CT molecular complexity index is 360. The number of hydrogen-bond donors (Lipinski definition) is 1. The number of aryl methyl sites for hydroxylation is 1. The first-order valence-corrected chi connectivity index (χ1v) is 6.79. The van der Waals surface area contributed by atoms with E-state index in [0.29, 0.717) is 6.61 Å². The lowest BCUT2D eigenvalue weighted by Crippen LogP contribution is -2.28. The van der Waals surface area contributed by atoms with E-state index in [0.717, 1.165) is 30.9 Å². The van der Waals surface area contributed by atoms with Gasteiger partial charge in [-0.05, 0) is 33.0 Å². The zero-order chi connectivity index (χ0) is 13.5. The third kappa shape index (κ3) is 4.31. The molecule has 0 amide bonds. The lowest BCUT2D eigenvalue weighted by atomic mass is 10.1. The van der Waals surface area contributed by atoms with E-state index < -0.39 is 0 Å². The fraction of sp³-hybridized carbons (Fsp3) is 0.600. The normalized spacial score (nSPS) is 12.8. The Morgan fingerprint density at radius 3 is 2.50 bits per heavy atom. The second-order valence-electron chi connectivity index (χ2n) is 4.71. The van der Waals surface area contributed by atoms with Crippen molar-refractivity contribution in [2.75, 3.05) is 26.2 Å². The predicted octanol–water partition coefficient (Wildman–Crippen LogP) is 2.74. The molecule has 0 aliphatic carbocycles. The smallest absolute Gasteiger partial charge is 0.124 e. The van der Waals surface area contributed by atoms with Crippen LogP contribution in [0.3, 0.4) is 0 Å². The van der Waals surface area contributed by atoms with Crippen LogP contribution in [0, 0.1) is 6.92 Å². The molecule has 0 saturated heterocycles. The number of benzene rings is 1. The lowest BCUT2D eigenvalue weighted by Gasteiger charge is -2.20. The third-order valence-corrected chi connectivity index (χ3v) is 3.22. The highest BCUT2D eigenvalue weighted by Crippen LogP contribution is 2.24. The van der Waals surface area contributed by atoms with Gasteiger partial charge in [0.25, 0.3) is 0 Å². The van der Waals surface area contributed by atoms with E-state index in [9.17, 15) is 0 Å². The quantitative estimate of drug-likeness (QED) is 0.808. The number of nitrogens with two attached hydrogens (primary N) is 1. The Balaban J connectivity index is 2.61. The summed E-state index contributed by atoms with van der Waals surface area (Å²) in [6.07, 6.45) is 0. The van der Waals surface area contributed by atoms with Crippen LogP contribution in [0.5, 0.6) is 5.75 Å². The molecule has 0 aromatic heterocycles. The standard InChI is InChI=1S/C15H26N2O/c1-5-17(6-2)9-10-18-15-8-7-12(3)11-14(15)13(4)16/h7-8,11,13H,5-6,9-10,16H2,1-4H3. The molecular weight excluding hydrogens is 224 g/mol. The van der Waals surface area contributed by atoms with Crippen LogP contribution in [0.2, 0.25) is 0 Å². The third-order valence-electron chi connectivity index (χ3n) is 3.22. The zero-order valence-electron chi connectivity index (χ0n) is 12.1. The Hall–Kier alpha value is -1.06. The highest BCUT2D eigenvalue weighted by Gasteiger charge is 2.08. The van der Waals surface area contributed by atoms with Crippen LogP contribution in [-0.4, -0.2) is 31.1 Å². The first kappa shape index (κ1) is 15.0. The molecule has 0 radical (unpaired) electrons. The fourth-order valence-corrected chi connectivity index (χ4v) is 1.98. The summed E-state index contributed by atoms with van der Waals surface area (Å²) in [5, 5.41) is 0. The first-order valence-electron chi connectivity index (χ1n) is 6.79. The minimum absolute atomic E-state index is 0.00773. The van der Waals surface area contributed by atoms with Crippen LogP contribution in [-0.2, 0) is 0 Å². The second kappa shape index (κ2) is 7.39. The molecule has 0 bridgehead atoms. The van der Waals surface area contributed by atoms with Crippen molar-refractivity contribution in [2.45, 2.75) is 33.7 Å². The summed E-state index contributed by atoms with van der Waals surface area (Å²) >= 11 is 0. The minimum Gasteiger partial charge on any atom is -0.492 e. The van der Waals surface area contributed by atoms with Gasteiger partial charge in [0.1, 0.15) is 12.4 Å². The molecule has 0 aliphatic rings. The van der Waals surface area contributed by atoms with Gasteiger partial charge in [-0.1, -0.05) is 31.5 Å². The van der Waals surface area contributed by atoms with Crippen LogP contribution in [0.15, 0.2) is 18.2 Å². The van der Waals surface area contributed by atoms with Crippen molar-refractivity contribution in [1.82, 2.24) is 4.90 Å². The first-order chi connectivity index (χ1) is 8.58. The molecular formula is C15H26N2O. The summed E-state index contributed by atoms with van der Waals surface area (Å²) in [6.45, 7) is 12.2. The Kier molecular flexibility index (Phi) is 6.16. The average molecular weight is 250 g/mol. The van der Waals surface area contributed by atoms with Crippen molar-refractivity contribution >= 4 is 0 Å². The molecule has 0 heterocycles. The van der Waals surface area contributed by atoms with E-state index in [2.05, 4.69) is 37.8 Å². The summed E-state index contributed by atoms with van der Waals surface area (Å²) < 4.78 is 5.87. The fourth-order valence-electron chi connectivity index (χ4n) is 1.98. The van der Waals surface area contributed by atoms with Crippen molar-refractivity contribution in [3.8, 4) is 5.75 Å². The molecule has 102 valence electrons. The summed E-state index contributed by atoms with van der Waals surface area (Å²) in [6, 6.07) is 6.21. The maximum absolute atomic E-state index is 5.98. The highest BCUT2D eigenvalue weighted by molar-refractivity contribution is 5.38. The number of rotatable bonds is 7. The molecule has 2 N–H and O–H groups in total. The molecule has 18 heavy (non-hydrogen) atoms.